The van der Waals surface area contributed by atoms with E-state index in [-0.39, 0.29) is 6.54 Å². The van der Waals surface area contributed by atoms with Crippen LogP contribution in [0.3, 0.4) is 0 Å². The summed E-state index contributed by atoms with van der Waals surface area (Å²) in [5.74, 6) is -1.59. The number of nitrogens with zero attached hydrogens (tertiary/aromatic N) is 1. The van der Waals surface area contributed by atoms with Crippen LogP contribution in [0, 0.1) is 11.6 Å². The standard InChI is InChI=1S/C18H16F2N2O2/c1-22(12-17(23)21-16-8-6-14(19)7-9-16)18(24)10-5-13-3-2-4-15(20)11-13/h2-11H,12H2,1H3,(H,21,23)/b10-5+. The highest BCUT2D eigenvalue weighted by Crippen LogP contribution is 2.08. The Morgan fingerprint density at radius 1 is 1.08 bits per heavy atom. The van der Waals surface area contributed by atoms with Crippen molar-refractivity contribution in [2.45, 2.75) is 0 Å². The van der Waals surface area contributed by atoms with Crippen molar-refractivity contribution in [3.05, 3.63) is 71.8 Å². The lowest BCUT2D eigenvalue weighted by Crippen LogP contribution is -2.33. The van der Waals surface area contributed by atoms with E-state index >= 15 is 0 Å². The summed E-state index contributed by atoms with van der Waals surface area (Å²) in [6.45, 7) is -0.163. The largest absolute Gasteiger partial charge is 0.333 e. The van der Waals surface area contributed by atoms with Gasteiger partial charge in [0.1, 0.15) is 11.6 Å². The SMILES string of the molecule is CN(CC(=O)Nc1ccc(F)cc1)C(=O)/C=C/c1cccc(F)c1. The molecule has 2 amide bonds. The fraction of sp³-hybridized carbons (Fsp3) is 0.111. The maximum absolute atomic E-state index is 13.0. The van der Waals surface area contributed by atoms with Crippen LogP contribution in [0.2, 0.25) is 0 Å². The van der Waals surface area contributed by atoms with E-state index in [1.807, 2.05) is 0 Å². The van der Waals surface area contributed by atoms with Crippen LogP contribution in [0.15, 0.2) is 54.6 Å². The third-order valence-electron chi connectivity index (χ3n) is 3.15. The predicted octanol–water partition coefficient (Wildman–Crippen LogP) is 3.08. The monoisotopic (exact) mass is 330 g/mol. The van der Waals surface area contributed by atoms with Gasteiger partial charge in [-0.25, -0.2) is 8.78 Å². The smallest absolute Gasteiger partial charge is 0.246 e. The normalized spacial score (nSPS) is 10.6. The lowest BCUT2D eigenvalue weighted by molar-refractivity contribution is -0.129. The van der Waals surface area contributed by atoms with E-state index in [0.29, 0.717) is 11.3 Å². The number of rotatable bonds is 5. The molecule has 2 aromatic rings. The van der Waals surface area contributed by atoms with Gasteiger partial charge < -0.3 is 10.2 Å². The molecule has 124 valence electrons. The first-order valence-corrected chi connectivity index (χ1v) is 7.18. The van der Waals surface area contributed by atoms with Gasteiger partial charge >= 0.3 is 0 Å². The van der Waals surface area contributed by atoms with Gasteiger partial charge in [-0.1, -0.05) is 12.1 Å². The number of amides is 2. The second-order valence-corrected chi connectivity index (χ2v) is 5.14. The fourth-order valence-electron chi connectivity index (χ4n) is 1.93. The highest BCUT2D eigenvalue weighted by molar-refractivity contribution is 5.97. The molecule has 0 bridgehead atoms. The van der Waals surface area contributed by atoms with Crippen LogP contribution in [0.1, 0.15) is 5.56 Å². The van der Waals surface area contributed by atoms with Gasteiger partial charge in [0.25, 0.3) is 0 Å². The quantitative estimate of drug-likeness (QED) is 0.857. The Morgan fingerprint density at radius 3 is 2.46 bits per heavy atom. The van der Waals surface area contributed by atoms with E-state index in [1.165, 1.54) is 60.5 Å². The minimum atomic E-state index is -0.406. The summed E-state index contributed by atoms with van der Waals surface area (Å²) in [5.41, 5.74) is 0.991. The zero-order chi connectivity index (χ0) is 17.5. The maximum atomic E-state index is 13.0. The van der Waals surface area contributed by atoms with Gasteiger partial charge in [-0.05, 0) is 48.0 Å². The van der Waals surface area contributed by atoms with Gasteiger partial charge in [-0.3, -0.25) is 9.59 Å². The van der Waals surface area contributed by atoms with E-state index in [2.05, 4.69) is 5.32 Å². The summed E-state index contributed by atoms with van der Waals surface area (Å²) in [5, 5.41) is 2.56. The molecule has 2 rings (SSSR count). The molecule has 2 aromatic carbocycles. The molecule has 4 nitrogen and oxygen atoms in total. The van der Waals surface area contributed by atoms with E-state index in [9.17, 15) is 18.4 Å². The van der Waals surface area contributed by atoms with Gasteiger partial charge in [-0.2, -0.15) is 0 Å². The molecule has 0 aliphatic heterocycles. The second kappa shape index (κ2) is 8.01. The molecular weight excluding hydrogens is 314 g/mol. The van der Waals surface area contributed by atoms with E-state index in [0.717, 1.165) is 0 Å². The number of halogens is 2. The van der Waals surface area contributed by atoms with Crippen LogP contribution in [0.5, 0.6) is 0 Å². The second-order valence-electron chi connectivity index (χ2n) is 5.14. The molecule has 6 heteroatoms. The molecule has 0 spiro atoms. The number of hydrogen-bond donors (Lipinski definition) is 1. The lowest BCUT2D eigenvalue weighted by atomic mass is 10.2. The number of carbonyl (C=O) groups is 2. The molecule has 0 saturated heterocycles. The number of anilines is 1. The van der Waals surface area contributed by atoms with Crippen molar-refractivity contribution in [3.63, 3.8) is 0 Å². The maximum Gasteiger partial charge on any atom is 0.246 e. The molecule has 0 saturated carbocycles. The van der Waals surface area contributed by atoms with Crippen molar-refractivity contribution in [3.8, 4) is 0 Å². The summed E-state index contributed by atoms with van der Waals surface area (Å²) >= 11 is 0. The number of nitrogens with one attached hydrogen (secondary N) is 1. The van der Waals surface area contributed by atoms with Gasteiger partial charge in [-0.15, -0.1) is 0 Å². The van der Waals surface area contributed by atoms with Crippen LogP contribution >= 0.6 is 0 Å². The molecule has 0 radical (unpaired) electrons. The van der Waals surface area contributed by atoms with Gasteiger partial charge in [0.2, 0.25) is 11.8 Å². The Morgan fingerprint density at radius 2 is 1.79 bits per heavy atom. The van der Waals surface area contributed by atoms with Crippen LogP contribution in [-0.2, 0) is 9.59 Å². The summed E-state index contributed by atoms with van der Waals surface area (Å²) < 4.78 is 25.8. The van der Waals surface area contributed by atoms with Gasteiger partial charge in [0.05, 0.1) is 6.54 Å². The molecule has 1 N–H and O–H groups in total. The van der Waals surface area contributed by atoms with Gasteiger partial charge in [0, 0.05) is 18.8 Å². The molecule has 0 aliphatic rings. The van der Waals surface area contributed by atoms with Crippen LogP contribution < -0.4 is 5.32 Å². The topological polar surface area (TPSA) is 49.4 Å². The first-order valence-electron chi connectivity index (χ1n) is 7.18. The molecule has 0 atom stereocenters. The van der Waals surface area contributed by atoms with Crippen molar-refractivity contribution in [1.29, 1.82) is 0 Å². The van der Waals surface area contributed by atoms with Crippen molar-refractivity contribution < 1.29 is 18.4 Å². The molecule has 0 fully saturated rings. The third kappa shape index (κ3) is 5.31. The summed E-state index contributed by atoms with van der Waals surface area (Å²) in [6.07, 6.45) is 2.74. The van der Waals surface area contributed by atoms with Crippen molar-refractivity contribution in [2.75, 3.05) is 18.9 Å². The Balaban J connectivity index is 1.88. The van der Waals surface area contributed by atoms with E-state index in [1.54, 1.807) is 12.1 Å². The summed E-state index contributed by atoms with van der Waals surface area (Å²) in [7, 11) is 1.47. The molecule has 0 aromatic heterocycles. The first-order chi connectivity index (χ1) is 11.4. The molecule has 0 unspecified atom stereocenters. The number of benzene rings is 2. The number of hydrogen-bond acceptors (Lipinski definition) is 2. The van der Waals surface area contributed by atoms with Crippen molar-refractivity contribution in [1.82, 2.24) is 4.90 Å². The van der Waals surface area contributed by atoms with Crippen molar-refractivity contribution in [2.24, 2.45) is 0 Å². The zero-order valence-electron chi connectivity index (χ0n) is 13.0. The third-order valence-corrected chi connectivity index (χ3v) is 3.15. The molecule has 0 heterocycles. The highest BCUT2D eigenvalue weighted by Gasteiger charge is 2.10. The van der Waals surface area contributed by atoms with E-state index in [4.69, 9.17) is 0 Å². The highest BCUT2D eigenvalue weighted by atomic mass is 19.1. The lowest BCUT2D eigenvalue weighted by Gasteiger charge is -2.14. The van der Waals surface area contributed by atoms with Crippen molar-refractivity contribution >= 4 is 23.6 Å². The molecule has 24 heavy (non-hydrogen) atoms. The average Bonchev–Trinajstić information content (AvgIpc) is 2.54. The average molecular weight is 330 g/mol. The van der Waals surface area contributed by atoms with E-state index < -0.39 is 23.4 Å². The van der Waals surface area contributed by atoms with Crippen LogP contribution in [0.25, 0.3) is 6.08 Å². The Bertz CT molecular complexity index is 758. The van der Waals surface area contributed by atoms with Crippen LogP contribution in [0.4, 0.5) is 14.5 Å². The van der Waals surface area contributed by atoms with Crippen LogP contribution in [-0.4, -0.2) is 30.3 Å². The Kier molecular flexibility index (Phi) is 5.78. The predicted molar refractivity (Wildman–Crippen MR) is 88.1 cm³/mol. The summed E-state index contributed by atoms with van der Waals surface area (Å²) in [4.78, 5) is 25.0. The first kappa shape index (κ1) is 17.3. The van der Waals surface area contributed by atoms with Gasteiger partial charge in [0.15, 0.2) is 0 Å². The Labute approximate surface area is 138 Å². The number of carbonyl (C=O) groups excluding carboxylic acids is 2. The molecule has 0 aliphatic carbocycles. The summed E-state index contributed by atoms with van der Waals surface area (Å²) in [6, 6.07) is 11.1. The Hall–Kier alpha value is -3.02. The molecular formula is C18H16F2N2O2. The minimum absolute atomic E-state index is 0.163. The number of likely N-dealkylation sites (N-methyl/N-ethyl adjacent to an activating group) is 1. The zero-order valence-corrected chi connectivity index (χ0v) is 13.0. The minimum Gasteiger partial charge on any atom is -0.333 e. The fourth-order valence-corrected chi connectivity index (χ4v) is 1.93.